The third-order valence-electron chi connectivity index (χ3n) is 2.75. The van der Waals surface area contributed by atoms with Gasteiger partial charge < -0.3 is 20.1 Å². The van der Waals surface area contributed by atoms with Crippen LogP contribution in [0, 0.1) is 0 Å². The number of hydrogen-bond donors (Lipinski definition) is 2. The van der Waals surface area contributed by atoms with Crippen molar-refractivity contribution in [2.75, 3.05) is 26.2 Å². The average Bonchev–Trinajstić information content (AvgIpc) is 2.77. The third kappa shape index (κ3) is 3.08. The minimum absolute atomic E-state index is 0.0124. The summed E-state index contributed by atoms with van der Waals surface area (Å²) in [6, 6.07) is 4.39. The quantitative estimate of drug-likeness (QED) is 0.857. The van der Waals surface area contributed by atoms with Crippen molar-refractivity contribution in [1.29, 1.82) is 0 Å². The maximum absolute atomic E-state index is 11.3. The van der Waals surface area contributed by atoms with Gasteiger partial charge in [0.05, 0.1) is 11.6 Å². The largest absolute Gasteiger partial charge is 0.489 e. The lowest BCUT2D eigenvalue weighted by Gasteiger charge is -2.16. The Bertz CT molecular complexity index is 507. The Kier molecular flexibility index (Phi) is 4.11. The monoisotopic (exact) mass is 284 g/mol. The number of urea groups is 1. The molecule has 0 spiro atoms. The number of amides is 2. The number of rotatable bonds is 5. The maximum atomic E-state index is 11.3. The average molecular weight is 285 g/mol. The number of para-hydroxylation sites is 1. The SMILES string of the molecule is O=C(O)c1cccc(Cl)c1OCCN1CCNC1=O. The first-order chi connectivity index (χ1) is 9.09. The molecule has 6 nitrogen and oxygen atoms in total. The van der Waals surface area contributed by atoms with Crippen molar-refractivity contribution >= 4 is 23.6 Å². The number of nitrogens with one attached hydrogen (secondary N) is 1. The van der Waals surface area contributed by atoms with E-state index in [4.69, 9.17) is 21.4 Å². The maximum Gasteiger partial charge on any atom is 0.339 e. The number of carboxylic acids is 1. The van der Waals surface area contributed by atoms with Crippen LogP contribution in [0.25, 0.3) is 0 Å². The molecule has 0 bridgehead atoms. The van der Waals surface area contributed by atoms with Gasteiger partial charge in [0.1, 0.15) is 12.2 Å². The number of halogens is 1. The van der Waals surface area contributed by atoms with Gasteiger partial charge in [-0.15, -0.1) is 0 Å². The Balaban J connectivity index is 1.99. The highest BCUT2D eigenvalue weighted by molar-refractivity contribution is 6.32. The highest BCUT2D eigenvalue weighted by Gasteiger charge is 2.20. The van der Waals surface area contributed by atoms with E-state index >= 15 is 0 Å². The smallest absolute Gasteiger partial charge is 0.339 e. The molecule has 7 heteroatoms. The molecular weight excluding hydrogens is 272 g/mol. The molecule has 102 valence electrons. The summed E-state index contributed by atoms with van der Waals surface area (Å²) in [4.78, 5) is 23.9. The number of benzene rings is 1. The second kappa shape index (κ2) is 5.79. The Morgan fingerprint density at radius 2 is 2.32 bits per heavy atom. The summed E-state index contributed by atoms with van der Waals surface area (Å²) in [6.45, 7) is 1.81. The summed E-state index contributed by atoms with van der Waals surface area (Å²) < 4.78 is 5.41. The fraction of sp³-hybridized carbons (Fsp3) is 0.333. The van der Waals surface area contributed by atoms with Gasteiger partial charge in [-0.1, -0.05) is 17.7 Å². The number of hydrogen-bond acceptors (Lipinski definition) is 3. The molecule has 1 saturated heterocycles. The number of nitrogens with zero attached hydrogens (tertiary/aromatic N) is 1. The molecule has 19 heavy (non-hydrogen) atoms. The molecule has 1 fully saturated rings. The van der Waals surface area contributed by atoms with Crippen molar-refractivity contribution in [3.8, 4) is 5.75 Å². The van der Waals surface area contributed by atoms with E-state index in [9.17, 15) is 9.59 Å². The zero-order chi connectivity index (χ0) is 13.8. The molecule has 0 aromatic heterocycles. The molecule has 0 saturated carbocycles. The van der Waals surface area contributed by atoms with Crippen molar-refractivity contribution in [1.82, 2.24) is 10.2 Å². The lowest BCUT2D eigenvalue weighted by atomic mass is 10.2. The highest BCUT2D eigenvalue weighted by atomic mass is 35.5. The molecule has 1 aromatic carbocycles. The van der Waals surface area contributed by atoms with E-state index in [1.54, 1.807) is 17.0 Å². The van der Waals surface area contributed by atoms with Crippen molar-refractivity contribution < 1.29 is 19.4 Å². The molecule has 1 aliphatic rings. The van der Waals surface area contributed by atoms with E-state index in [-0.39, 0.29) is 29.0 Å². The predicted molar refractivity (Wildman–Crippen MR) is 68.9 cm³/mol. The van der Waals surface area contributed by atoms with Crippen LogP contribution in [0.15, 0.2) is 18.2 Å². The lowest BCUT2D eigenvalue weighted by molar-refractivity contribution is 0.0691. The topological polar surface area (TPSA) is 78.9 Å². The number of aromatic carboxylic acids is 1. The van der Waals surface area contributed by atoms with E-state index in [0.717, 1.165) is 0 Å². The minimum Gasteiger partial charge on any atom is -0.489 e. The molecular formula is C12H13ClN2O4. The van der Waals surface area contributed by atoms with Crippen LogP contribution in [0.5, 0.6) is 5.75 Å². The van der Waals surface area contributed by atoms with Gasteiger partial charge in [-0.25, -0.2) is 9.59 Å². The zero-order valence-corrected chi connectivity index (χ0v) is 10.8. The van der Waals surface area contributed by atoms with Gasteiger partial charge in [-0.2, -0.15) is 0 Å². The van der Waals surface area contributed by atoms with Crippen LogP contribution in [0.2, 0.25) is 5.02 Å². The Labute approximate surface area is 114 Å². The third-order valence-corrected chi connectivity index (χ3v) is 3.05. The van der Waals surface area contributed by atoms with Crippen LogP contribution < -0.4 is 10.1 Å². The second-order valence-corrected chi connectivity index (χ2v) is 4.40. The highest BCUT2D eigenvalue weighted by Crippen LogP contribution is 2.28. The molecule has 0 aliphatic carbocycles. The molecule has 2 N–H and O–H groups in total. The van der Waals surface area contributed by atoms with Crippen molar-refractivity contribution in [2.45, 2.75) is 0 Å². The van der Waals surface area contributed by atoms with Crippen LogP contribution >= 0.6 is 11.6 Å². The van der Waals surface area contributed by atoms with Gasteiger partial charge >= 0.3 is 12.0 Å². The molecule has 0 atom stereocenters. The van der Waals surface area contributed by atoms with E-state index in [1.807, 2.05) is 0 Å². The number of carbonyl (C=O) groups is 2. The molecule has 1 aliphatic heterocycles. The first kappa shape index (κ1) is 13.5. The fourth-order valence-electron chi connectivity index (χ4n) is 1.81. The van der Waals surface area contributed by atoms with Gasteiger partial charge in [0.2, 0.25) is 0 Å². The summed E-state index contributed by atoms with van der Waals surface area (Å²) in [5.74, 6) is -0.965. The van der Waals surface area contributed by atoms with Crippen LogP contribution in [0.4, 0.5) is 4.79 Å². The summed E-state index contributed by atoms with van der Waals surface area (Å²) in [5.41, 5.74) is 0.0124. The molecule has 1 aromatic rings. The second-order valence-electron chi connectivity index (χ2n) is 3.99. The Morgan fingerprint density at radius 3 is 2.95 bits per heavy atom. The van der Waals surface area contributed by atoms with Gasteiger partial charge in [0, 0.05) is 13.1 Å². The van der Waals surface area contributed by atoms with Gasteiger partial charge in [0.25, 0.3) is 0 Å². The van der Waals surface area contributed by atoms with Crippen LogP contribution in [-0.4, -0.2) is 48.2 Å². The number of carbonyl (C=O) groups excluding carboxylic acids is 1. The first-order valence-corrected chi connectivity index (χ1v) is 6.15. The standard InChI is InChI=1S/C12H13ClN2O4/c13-9-3-1-2-8(11(16)17)10(9)19-7-6-15-5-4-14-12(15)18/h1-3H,4-7H2,(H,14,18)(H,16,17). The van der Waals surface area contributed by atoms with Gasteiger partial charge in [0.15, 0.2) is 5.75 Å². The summed E-state index contributed by atoms with van der Waals surface area (Å²) >= 11 is 5.92. The minimum atomic E-state index is -1.10. The van der Waals surface area contributed by atoms with Crippen LogP contribution in [0.3, 0.4) is 0 Å². The Morgan fingerprint density at radius 1 is 1.53 bits per heavy atom. The molecule has 1 heterocycles. The number of carboxylic acid groups (broad SMARTS) is 1. The summed E-state index contributed by atoms with van der Waals surface area (Å²) in [6.07, 6.45) is 0. The lowest BCUT2D eigenvalue weighted by Crippen LogP contribution is -2.32. The van der Waals surface area contributed by atoms with E-state index in [1.165, 1.54) is 6.07 Å². The van der Waals surface area contributed by atoms with Crippen molar-refractivity contribution in [2.24, 2.45) is 0 Å². The molecule has 0 unspecified atom stereocenters. The molecule has 2 rings (SSSR count). The first-order valence-electron chi connectivity index (χ1n) is 5.77. The fourth-order valence-corrected chi connectivity index (χ4v) is 2.04. The van der Waals surface area contributed by atoms with Crippen molar-refractivity contribution in [3.63, 3.8) is 0 Å². The normalized spacial score (nSPS) is 14.4. The predicted octanol–water partition coefficient (Wildman–Crippen LogP) is 1.44. The molecule has 0 radical (unpaired) electrons. The van der Waals surface area contributed by atoms with E-state index in [2.05, 4.69) is 5.32 Å². The van der Waals surface area contributed by atoms with E-state index in [0.29, 0.717) is 19.6 Å². The summed E-state index contributed by atoms with van der Waals surface area (Å²) in [7, 11) is 0. The number of ether oxygens (including phenoxy) is 1. The van der Waals surface area contributed by atoms with Crippen LogP contribution in [-0.2, 0) is 0 Å². The van der Waals surface area contributed by atoms with E-state index < -0.39 is 5.97 Å². The molecule has 2 amide bonds. The summed E-state index contributed by atoms with van der Waals surface area (Å²) in [5, 5.41) is 11.9. The Hall–Kier alpha value is -1.95. The van der Waals surface area contributed by atoms with Crippen molar-refractivity contribution in [3.05, 3.63) is 28.8 Å². The van der Waals surface area contributed by atoms with Gasteiger partial charge in [-0.3, -0.25) is 0 Å². The zero-order valence-electron chi connectivity index (χ0n) is 10.1. The van der Waals surface area contributed by atoms with Gasteiger partial charge in [-0.05, 0) is 12.1 Å². The van der Waals surface area contributed by atoms with Crippen LogP contribution in [0.1, 0.15) is 10.4 Å².